The molecule has 1 aliphatic rings. The molecule has 162 valence electrons. The Bertz CT molecular complexity index is 1110. The minimum atomic E-state index is -3.75. The standard InChI is InChI=1S/C19H22BrN3O5S2/c20-16-3-7-18(8-4-16)30(27,28)23-11-9-15(10-12-23)19(24)22-13-14-1-5-17(6-2-14)29(21,25)26/h1-8,15H,9-13H2,(H,22,24)(H2,21,25,26). The predicted molar refractivity (Wildman–Crippen MR) is 115 cm³/mol. The second-order valence-corrected chi connectivity index (χ2v) is 11.5. The molecule has 0 radical (unpaired) electrons. The van der Waals surface area contributed by atoms with E-state index < -0.39 is 20.0 Å². The van der Waals surface area contributed by atoms with E-state index in [1.807, 2.05) is 0 Å². The lowest BCUT2D eigenvalue weighted by molar-refractivity contribution is -0.126. The highest BCUT2D eigenvalue weighted by Crippen LogP contribution is 2.25. The maximum Gasteiger partial charge on any atom is 0.243 e. The van der Waals surface area contributed by atoms with E-state index in [-0.39, 0.29) is 41.3 Å². The molecular weight excluding hydrogens is 494 g/mol. The van der Waals surface area contributed by atoms with Crippen molar-refractivity contribution >= 4 is 41.9 Å². The molecule has 0 atom stereocenters. The van der Waals surface area contributed by atoms with Crippen LogP contribution in [-0.4, -0.2) is 40.1 Å². The minimum absolute atomic E-state index is 0.0110. The van der Waals surface area contributed by atoms with Crippen molar-refractivity contribution in [1.82, 2.24) is 9.62 Å². The Morgan fingerprint density at radius 1 is 0.967 bits per heavy atom. The van der Waals surface area contributed by atoms with E-state index in [4.69, 9.17) is 5.14 Å². The van der Waals surface area contributed by atoms with Gasteiger partial charge in [-0.25, -0.2) is 22.0 Å². The number of rotatable bonds is 6. The van der Waals surface area contributed by atoms with Crippen LogP contribution in [0, 0.1) is 5.92 Å². The van der Waals surface area contributed by atoms with Crippen molar-refractivity contribution in [3.05, 3.63) is 58.6 Å². The number of hydrogen-bond donors (Lipinski definition) is 2. The van der Waals surface area contributed by atoms with Crippen molar-refractivity contribution in [3.8, 4) is 0 Å². The van der Waals surface area contributed by atoms with E-state index in [2.05, 4.69) is 21.2 Å². The molecule has 2 aromatic carbocycles. The number of amides is 1. The van der Waals surface area contributed by atoms with Gasteiger partial charge in [-0.1, -0.05) is 28.1 Å². The van der Waals surface area contributed by atoms with Crippen LogP contribution in [0.1, 0.15) is 18.4 Å². The third-order valence-corrected chi connectivity index (χ3v) is 8.37. The maximum atomic E-state index is 12.7. The lowest BCUT2D eigenvalue weighted by Gasteiger charge is -2.30. The molecule has 0 aliphatic carbocycles. The van der Waals surface area contributed by atoms with Gasteiger partial charge in [-0.2, -0.15) is 4.31 Å². The second-order valence-electron chi connectivity index (χ2n) is 7.04. The van der Waals surface area contributed by atoms with Gasteiger partial charge < -0.3 is 5.32 Å². The van der Waals surface area contributed by atoms with Gasteiger partial charge in [0.2, 0.25) is 26.0 Å². The van der Waals surface area contributed by atoms with Gasteiger partial charge in [0.15, 0.2) is 0 Å². The molecular formula is C19H22BrN3O5S2. The number of nitrogens with zero attached hydrogens (tertiary/aromatic N) is 1. The smallest absolute Gasteiger partial charge is 0.243 e. The third-order valence-electron chi connectivity index (χ3n) is 4.99. The lowest BCUT2D eigenvalue weighted by Crippen LogP contribution is -2.42. The molecule has 0 spiro atoms. The first-order valence-electron chi connectivity index (χ1n) is 9.22. The fraction of sp³-hybridized carbons (Fsp3) is 0.316. The Kier molecular flexibility index (Phi) is 6.98. The van der Waals surface area contributed by atoms with Gasteiger partial charge in [0.25, 0.3) is 0 Å². The summed E-state index contributed by atoms with van der Waals surface area (Å²) in [5.74, 6) is -0.420. The molecule has 1 amide bonds. The van der Waals surface area contributed by atoms with E-state index in [0.29, 0.717) is 12.8 Å². The number of carbonyl (C=O) groups excluding carboxylic acids is 1. The van der Waals surface area contributed by atoms with Gasteiger partial charge in [-0.05, 0) is 54.8 Å². The number of halogens is 1. The molecule has 0 saturated carbocycles. The highest BCUT2D eigenvalue weighted by atomic mass is 79.9. The van der Waals surface area contributed by atoms with Gasteiger partial charge >= 0.3 is 0 Å². The monoisotopic (exact) mass is 515 g/mol. The Labute approximate surface area is 184 Å². The summed E-state index contributed by atoms with van der Waals surface area (Å²) in [6.07, 6.45) is 0.873. The molecule has 1 aliphatic heterocycles. The zero-order valence-corrected chi connectivity index (χ0v) is 19.2. The first-order valence-corrected chi connectivity index (χ1v) is 13.0. The molecule has 3 rings (SSSR count). The summed E-state index contributed by atoms with van der Waals surface area (Å²) in [6, 6.07) is 12.4. The number of primary sulfonamides is 1. The first kappa shape index (κ1) is 22.9. The van der Waals surface area contributed by atoms with Crippen molar-refractivity contribution in [2.24, 2.45) is 11.1 Å². The van der Waals surface area contributed by atoms with Crippen LogP contribution in [0.15, 0.2) is 62.8 Å². The van der Waals surface area contributed by atoms with Crippen LogP contribution < -0.4 is 10.5 Å². The van der Waals surface area contributed by atoms with Gasteiger partial charge in [-0.3, -0.25) is 4.79 Å². The maximum absolute atomic E-state index is 12.7. The second kappa shape index (κ2) is 9.15. The van der Waals surface area contributed by atoms with Crippen LogP contribution in [0.3, 0.4) is 0 Å². The normalized spacial score (nSPS) is 16.3. The van der Waals surface area contributed by atoms with Crippen molar-refractivity contribution < 1.29 is 21.6 Å². The van der Waals surface area contributed by atoms with Crippen molar-refractivity contribution in [3.63, 3.8) is 0 Å². The molecule has 11 heteroatoms. The SMILES string of the molecule is NS(=O)(=O)c1ccc(CNC(=O)C2CCN(S(=O)(=O)c3ccc(Br)cc3)CC2)cc1. The highest BCUT2D eigenvalue weighted by molar-refractivity contribution is 9.10. The average molecular weight is 516 g/mol. The van der Waals surface area contributed by atoms with E-state index in [1.165, 1.54) is 16.4 Å². The van der Waals surface area contributed by atoms with Crippen LogP contribution in [0.5, 0.6) is 0 Å². The number of hydrogen-bond acceptors (Lipinski definition) is 5. The molecule has 0 bridgehead atoms. The quantitative estimate of drug-likeness (QED) is 0.606. The largest absolute Gasteiger partial charge is 0.352 e. The van der Waals surface area contributed by atoms with E-state index >= 15 is 0 Å². The lowest BCUT2D eigenvalue weighted by atomic mass is 9.97. The molecule has 1 saturated heterocycles. The Morgan fingerprint density at radius 3 is 2.03 bits per heavy atom. The summed E-state index contributed by atoms with van der Waals surface area (Å²) >= 11 is 3.29. The number of sulfonamides is 2. The van der Waals surface area contributed by atoms with Gasteiger partial charge in [0, 0.05) is 30.0 Å². The summed E-state index contributed by atoms with van der Waals surface area (Å²) < 4.78 is 50.3. The Balaban J connectivity index is 1.53. The number of nitrogens with two attached hydrogens (primary N) is 1. The zero-order chi connectivity index (χ0) is 21.9. The number of nitrogens with one attached hydrogen (secondary N) is 1. The van der Waals surface area contributed by atoms with Crippen molar-refractivity contribution in [2.75, 3.05) is 13.1 Å². The summed E-state index contributed by atoms with van der Waals surface area (Å²) in [7, 11) is -7.33. The number of benzene rings is 2. The van der Waals surface area contributed by atoms with Gasteiger partial charge in [0.05, 0.1) is 9.79 Å². The predicted octanol–water partition coefficient (Wildman–Crippen LogP) is 1.81. The number of piperidine rings is 1. The van der Waals surface area contributed by atoms with E-state index in [1.54, 1.807) is 36.4 Å². The molecule has 0 unspecified atom stereocenters. The molecule has 2 aromatic rings. The molecule has 30 heavy (non-hydrogen) atoms. The first-order chi connectivity index (χ1) is 14.1. The summed E-state index contributed by atoms with van der Waals surface area (Å²) in [6.45, 7) is 0.806. The Morgan fingerprint density at radius 2 is 1.50 bits per heavy atom. The molecule has 3 N–H and O–H groups in total. The van der Waals surface area contributed by atoms with Crippen LogP contribution in [0.2, 0.25) is 0 Å². The van der Waals surface area contributed by atoms with Crippen LogP contribution >= 0.6 is 15.9 Å². The summed E-state index contributed by atoms with van der Waals surface area (Å²) in [5.41, 5.74) is 0.742. The van der Waals surface area contributed by atoms with E-state index in [9.17, 15) is 21.6 Å². The van der Waals surface area contributed by atoms with Gasteiger partial charge in [-0.15, -0.1) is 0 Å². The summed E-state index contributed by atoms with van der Waals surface area (Å²) in [4.78, 5) is 12.7. The van der Waals surface area contributed by atoms with Gasteiger partial charge in [0.1, 0.15) is 0 Å². The minimum Gasteiger partial charge on any atom is -0.352 e. The fourth-order valence-electron chi connectivity index (χ4n) is 3.24. The Hall–Kier alpha value is -1.79. The average Bonchev–Trinajstić information content (AvgIpc) is 2.72. The van der Waals surface area contributed by atoms with Crippen LogP contribution in [0.4, 0.5) is 0 Å². The van der Waals surface area contributed by atoms with Crippen LogP contribution in [0.25, 0.3) is 0 Å². The molecule has 8 nitrogen and oxygen atoms in total. The number of carbonyl (C=O) groups is 1. The summed E-state index contributed by atoms with van der Waals surface area (Å²) in [5, 5.41) is 7.89. The van der Waals surface area contributed by atoms with Crippen molar-refractivity contribution in [2.45, 2.75) is 29.2 Å². The zero-order valence-electron chi connectivity index (χ0n) is 16.0. The van der Waals surface area contributed by atoms with Crippen molar-refractivity contribution in [1.29, 1.82) is 0 Å². The van der Waals surface area contributed by atoms with E-state index in [0.717, 1.165) is 10.0 Å². The molecule has 1 fully saturated rings. The molecule has 1 heterocycles. The third kappa shape index (κ3) is 5.46. The highest BCUT2D eigenvalue weighted by Gasteiger charge is 2.32. The van der Waals surface area contributed by atoms with Crippen LogP contribution in [-0.2, 0) is 31.4 Å². The fourth-order valence-corrected chi connectivity index (χ4v) is 5.49. The molecule has 0 aromatic heterocycles. The topological polar surface area (TPSA) is 127 Å².